The lowest BCUT2D eigenvalue weighted by atomic mass is 10.2. The molecule has 0 bridgehead atoms. The fourth-order valence-corrected chi connectivity index (χ4v) is 1.77. The van der Waals surface area contributed by atoms with Gasteiger partial charge in [-0.3, -0.25) is 0 Å². The van der Waals surface area contributed by atoms with Crippen LogP contribution in [0.25, 0.3) is 0 Å². The third-order valence-corrected chi connectivity index (χ3v) is 2.50. The van der Waals surface area contributed by atoms with Gasteiger partial charge < -0.3 is 10.2 Å². The van der Waals surface area contributed by atoms with Crippen molar-refractivity contribution in [3.05, 3.63) is 11.4 Å². The smallest absolute Gasteiger partial charge is 0.137 e. The van der Waals surface area contributed by atoms with Gasteiger partial charge in [0.2, 0.25) is 0 Å². The van der Waals surface area contributed by atoms with Gasteiger partial charge in [-0.05, 0) is 27.2 Å². The van der Waals surface area contributed by atoms with Crippen molar-refractivity contribution >= 4 is 11.6 Å². The SMILES string of the molecule is CCCN(C)c1nc(C)nc(NCC)c1C. The molecule has 4 nitrogen and oxygen atoms in total. The average molecular weight is 222 g/mol. The minimum atomic E-state index is 0.819. The molecule has 0 aliphatic carbocycles. The zero-order chi connectivity index (χ0) is 12.1. The predicted molar refractivity (Wildman–Crippen MR) is 69.2 cm³/mol. The molecule has 0 fully saturated rings. The van der Waals surface area contributed by atoms with Crippen LogP contribution in [0.15, 0.2) is 0 Å². The van der Waals surface area contributed by atoms with E-state index < -0.39 is 0 Å². The first-order valence-corrected chi connectivity index (χ1v) is 5.90. The van der Waals surface area contributed by atoms with Crippen LogP contribution in [0.2, 0.25) is 0 Å². The molecule has 0 radical (unpaired) electrons. The van der Waals surface area contributed by atoms with Gasteiger partial charge in [0.25, 0.3) is 0 Å². The number of aromatic nitrogens is 2. The second kappa shape index (κ2) is 5.68. The molecule has 0 atom stereocenters. The number of aryl methyl sites for hydroxylation is 1. The highest BCUT2D eigenvalue weighted by molar-refractivity contribution is 5.58. The van der Waals surface area contributed by atoms with Crippen molar-refractivity contribution in [1.29, 1.82) is 0 Å². The molecule has 0 unspecified atom stereocenters. The molecule has 1 aromatic heterocycles. The zero-order valence-electron chi connectivity index (χ0n) is 11.0. The van der Waals surface area contributed by atoms with Crippen LogP contribution in [0.3, 0.4) is 0 Å². The van der Waals surface area contributed by atoms with E-state index >= 15 is 0 Å². The molecule has 0 saturated heterocycles. The Morgan fingerprint density at radius 1 is 1.19 bits per heavy atom. The van der Waals surface area contributed by atoms with Crippen molar-refractivity contribution < 1.29 is 0 Å². The normalized spacial score (nSPS) is 10.3. The summed E-state index contributed by atoms with van der Waals surface area (Å²) in [4.78, 5) is 11.1. The van der Waals surface area contributed by atoms with Crippen LogP contribution >= 0.6 is 0 Å². The van der Waals surface area contributed by atoms with Crippen molar-refractivity contribution in [2.75, 3.05) is 30.4 Å². The Morgan fingerprint density at radius 2 is 1.88 bits per heavy atom. The maximum atomic E-state index is 4.51. The van der Waals surface area contributed by atoms with E-state index in [4.69, 9.17) is 0 Å². The molecule has 90 valence electrons. The molecule has 0 aliphatic rings. The first-order valence-electron chi connectivity index (χ1n) is 5.90. The molecule has 16 heavy (non-hydrogen) atoms. The third-order valence-electron chi connectivity index (χ3n) is 2.50. The average Bonchev–Trinajstić information content (AvgIpc) is 2.23. The van der Waals surface area contributed by atoms with E-state index in [-0.39, 0.29) is 0 Å². The van der Waals surface area contributed by atoms with Gasteiger partial charge >= 0.3 is 0 Å². The molecule has 0 spiro atoms. The lowest BCUT2D eigenvalue weighted by Crippen LogP contribution is -2.21. The van der Waals surface area contributed by atoms with Crippen molar-refractivity contribution in [3.63, 3.8) is 0 Å². The second-order valence-electron chi connectivity index (χ2n) is 4.02. The van der Waals surface area contributed by atoms with E-state index in [0.29, 0.717) is 0 Å². The number of anilines is 2. The molecule has 1 rings (SSSR count). The maximum absolute atomic E-state index is 4.51. The molecule has 4 heteroatoms. The minimum absolute atomic E-state index is 0.819. The van der Waals surface area contributed by atoms with Gasteiger partial charge in [0.15, 0.2) is 0 Å². The molecular weight excluding hydrogens is 200 g/mol. The molecule has 0 aliphatic heterocycles. The van der Waals surface area contributed by atoms with Crippen LogP contribution in [-0.4, -0.2) is 30.1 Å². The van der Waals surface area contributed by atoms with Crippen molar-refractivity contribution in [2.24, 2.45) is 0 Å². The Bertz CT molecular complexity index is 349. The Balaban J connectivity index is 3.07. The fourth-order valence-electron chi connectivity index (χ4n) is 1.77. The molecule has 0 aromatic carbocycles. The van der Waals surface area contributed by atoms with Crippen LogP contribution < -0.4 is 10.2 Å². The standard InChI is InChI=1S/C12H22N4/c1-6-8-16(5)12-9(3)11(13-7-2)14-10(4)15-12/h6-8H2,1-5H3,(H,13,14,15). The van der Waals surface area contributed by atoms with Crippen LogP contribution in [0.4, 0.5) is 11.6 Å². The maximum Gasteiger partial charge on any atom is 0.137 e. The molecule has 1 N–H and O–H groups in total. The highest BCUT2D eigenvalue weighted by Gasteiger charge is 2.11. The van der Waals surface area contributed by atoms with Crippen molar-refractivity contribution in [2.45, 2.75) is 34.1 Å². The Labute approximate surface area is 98.1 Å². The quantitative estimate of drug-likeness (QED) is 0.830. The van der Waals surface area contributed by atoms with E-state index in [2.05, 4.69) is 48.0 Å². The topological polar surface area (TPSA) is 41.1 Å². The molecular formula is C12H22N4. The highest BCUT2D eigenvalue weighted by atomic mass is 15.2. The van der Waals surface area contributed by atoms with Crippen molar-refractivity contribution in [1.82, 2.24) is 9.97 Å². The largest absolute Gasteiger partial charge is 0.370 e. The summed E-state index contributed by atoms with van der Waals surface area (Å²) < 4.78 is 0. The van der Waals surface area contributed by atoms with E-state index in [1.54, 1.807) is 0 Å². The summed E-state index contributed by atoms with van der Waals surface area (Å²) in [6.45, 7) is 10.1. The van der Waals surface area contributed by atoms with E-state index in [1.165, 1.54) is 0 Å². The summed E-state index contributed by atoms with van der Waals surface area (Å²) >= 11 is 0. The Morgan fingerprint density at radius 3 is 2.44 bits per heavy atom. The highest BCUT2D eigenvalue weighted by Crippen LogP contribution is 2.22. The van der Waals surface area contributed by atoms with Crippen LogP contribution in [0, 0.1) is 13.8 Å². The van der Waals surface area contributed by atoms with Gasteiger partial charge in [-0.2, -0.15) is 0 Å². The number of hydrogen-bond donors (Lipinski definition) is 1. The summed E-state index contributed by atoms with van der Waals surface area (Å²) in [5, 5.41) is 3.28. The molecule has 1 aromatic rings. The monoisotopic (exact) mass is 222 g/mol. The van der Waals surface area contributed by atoms with Gasteiger partial charge in [-0.1, -0.05) is 6.92 Å². The number of nitrogens with zero attached hydrogens (tertiary/aromatic N) is 3. The van der Waals surface area contributed by atoms with Crippen molar-refractivity contribution in [3.8, 4) is 0 Å². The van der Waals surface area contributed by atoms with Crippen LogP contribution in [-0.2, 0) is 0 Å². The molecule has 0 saturated carbocycles. The molecule has 1 heterocycles. The first-order chi connectivity index (χ1) is 7.60. The van der Waals surface area contributed by atoms with Gasteiger partial charge in [-0.25, -0.2) is 9.97 Å². The number of rotatable bonds is 5. The first kappa shape index (κ1) is 12.7. The van der Waals surface area contributed by atoms with E-state index in [1.807, 2.05) is 6.92 Å². The molecule has 0 amide bonds. The Kier molecular flexibility index (Phi) is 4.52. The van der Waals surface area contributed by atoms with Crippen LogP contribution in [0.5, 0.6) is 0 Å². The van der Waals surface area contributed by atoms with Gasteiger partial charge in [0, 0.05) is 25.7 Å². The van der Waals surface area contributed by atoms with E-state index in [0.717, 1.165) is 42.5 Å². The van der Waals surface area contributed by atoms with Gasteiger partial charge in [-0.15, -0.1) is 0 Å². The summed E-state index contributed by atoms with van der Waals surface area (Å²) in [6, 6.07) is 0. The summed E-state index contributed by atoms with van der Waals surface area (Å²) in [6.07, 6.45) is 1.12. The summed E-state index contributed by atoms with van der Waals surface area (Å²) in [7, 11) is 2.08. The van der Waals surface area contributed by atoms with Crippen LogP contribution in [0.1, 0.15) is 31.7 Å². The lowest BCUT2D eigenvalue weighted by molar-refractivity contribution is 0.823. The predicted octanol–water partition coefficient (Wildman–Crippen LogP) is 2.37. The van der Waals surface area contributed by atoms with E-state index in [9.17, 15) is 0 Å². The summed E-state index contributed by atoms with van der Waals surface area (Å²) in [5.41, 5.74) is 1.13. The fraction of sp³-hybridized carbons (Fsp3) is 0.667. The number of hydrogen-bond acceptors (Lipinski definition) is 4. The van der Waals surface area contributed by atoms with Gasteiger partial charge in [0.05, 0.1) is 0 Å². The number of nitrogens with one attached hydrogen (secondary N) is 1. The lowest BCUT2D eigenvalue weighted by Gasteiger charge is -2.21. The summed E-state index contributed by atoms with van der Waals surface area (Å²) in [5.74, 6) is 2.80. The second-order valence-corrected chi connectivity index (χ2v) is 4.02. The minimum Gasteiger partial charge on any atom is -0.370 e. The zero-order valence-corrected chi connectivity index (χ0v) is 11.0. The Hall–Kier alpha value is -1.32. The third kappa shape index (κ3) is 2.84. The van der Waals surface area contributed by atoms with Gasteiger partial charge in [0.1, 0.15) is 17.5 Å².